The first-order valence-corrected chi connectivity index (χ1v) is 9.86. The summed E-state index contributed by atoms with van der Waals surface area (Å²) < 4.78 is 30.0. The second-order valence-electron chi connectivity index (χ2n) is 6.55. The molecule has 128 valence electrons. The lowest BCUT2D eigenvalue weighted by atomic mass is 9.76. The molecule has 0 aromatic carbocycles. The molecule has 1 atom stereocenters. The standard InChI is InChI=1S/C16H25N3O3S/c20-14-11-13(12-14)16(15-7-3-4-8-17-15)18-23(21,22)19-9-5-1-2-6-10-19/h3-4,7-8,13-14,16,18,20H,1-2,5-6,9-12H2/t13?,14?,16-/m0/s1. The molecule has 1 aliphatic carbocycles. The van der Waals surface area contributed by atoms with Crippen LogP contribution in [0, 0.1) is 5.92 Å². The Morgan fingerprint density at radius 1 is 1.17 bits per heavy atom. The van der Waals surface area contributed by atoms with Gasteiger partial charge in [-0.25, -0.2) is 0 Å². The minimum Gasteiger partial charge on any atom is -0.393 e. The molecule has 3 rings (SSSR count). The third-order valence-corrected chi connectivity index (χ3v) is 6.41. The number of nitrogens with one attached hydrogen (secondary N) is 1. The molecule has 1 aliphatic heterocycles. The van der Waals surface area contributed by atoms with Gasteiger partial charge in [0, 0.05) is 19.3 Å². The maximum absolute atomic E-state index is 12.8. The Kier molecular flexibility index (Phi) is 5.31. The van der Waals surface area contributed by atoms with Gasteiger partial charge in [0.1, 0.15) is 0 Å². The summed E-state index contributed by atoms with van der Waals surface area (Å²) in [5.74, 6) is 0.0988. The molecule has 0 bridgehead atoms. The Morgan fingerprint density at radius 3 is 2.43 bits per heavy atom. The fourth-order valence-electron chi connectivity index (χ4n) is 3.38. The molecule has 1 saturated heterocycles. The van der Waals surface area contributed by atoms with Gasteiger partial charge in [0.2, 0.25) is 0 Å². The molecule has 23 heavy (non-hydrogen) atoms. The Hall–Kier alpha value is -1.02. The van der Waals surface area contributed by atoms with Crippen LogP contribution in [0.2, 0.25) is 0 Å². The summed E-state index contributed by atoms with van der Waals surface area (Å²) in [4.78, 5) is 4.33. The van der Waals surface area contributed by atoms with E-state index in [0.717, 1.165) is 31.4 Å². The molecule has 0 radical (unpaired) electrons. The van der Waals surface area contributed by atoms with Crippen molar-refractivity contribution in [3.8, 4) is 0 Å². The average Bonchev–Trinajstić information content (AvgIpc) is 2.81. The number of nitrogens with zero attached hydrogens (tertiary/aromatic N) is 2. The number of hydrogen-bond acceptors (Lipinski definition) is 4. The van der Waals surface area contributed by atoms with Crippen molar-refractivity contribution in [1.82, 2.24) is 14.0 Å². The lowest BCUT2D eigenvalue weighted by molar-refractivity contribution is 0.0270. The first-order valence-electron chi connectivity index (χ1n) is 8.42. The Morgan fingerprint density at radius 2 is 1.87 bits per heavy atom. The van der Waals surface area contributed by atoms with Crippen LogP contribution in [0.15, 0.2) is 24.4 Å². The molecule has 2 heterocycles. The molecule has 2 aliphatic rings. The van der Waals surface area contributed by atoms with Gasteiger partial charge in [-0.3, -0.25) is 4.98 Å². The van der Waals surface area contributed by atoms with Crippen molar-refractivity contribution < 1.29 is 13.5 Å². The highest BCUT2D eigenvalue weighted by Crippen LogP contribution is 2.38. The summed E-state index contributed by atoms with van der Waals surface area (Å²) in [6, 6.07) is 5.16. The van der Waals surface area contributed by atoms with Crippen LogP contribution in [0.25, 0.3) is 0 Å². The summed E-state index contributed by atoms with van der Waals surface area (Å²) in [5, 5.41) is 9.59. The zero-order valence-electron chi connectivity index (χ0n) is 13.3. The van der Waals surface area contributed by atoms with Crippen molar-refractivity contribution in [2.24, 2.45) is 5.92 Å². The summed E-state index contributed by atoms with van der Waals surface area (Å²) in [6.45, 7) is 1.16. The lowest BCUT2D eigenvalue weighted by Gasteiger charge is -2.38. The number of rotatable bonds is 5. The molecular weight excluding hydrogens is 314 g/mol. The van der Waals surface area contributed by atoms with Gasteiger partial charge in [-0.15, -0.1) is 0 Å². The van der Waals surface area contributed by atoms with E-state index in [9.17, 15) is 13.5 Å². The number of aliphatic hydroxyl groups excluding tert-OH is 1. The number of hydrogen-bond donors (Lipinski definition) is 2. The van der Waals surface area contributed by atoms with Gasteiger partial charge in [-0.2, -0.15) is 17.4 Å². The monoisotopic (exact) mass is 339 g/mol. The van der Waals surface area contributed by atoms with Crippen LogP contribution >= 0.6 is 0 Å². The van der Waals surface area contributed by atoms with E-state index in [2.05, 4.69) is 9.71 Å². The topological polar surface area (TPSA) is 82.5 Å². The van der Waals surface area contributed by atoms with Crippen molar-refractivity contribution in [3.05, 3.63) is 30.1 Å². The fourth-order valence-corrected chi connectivity index (χ4v) is 4.90. The summed E-state index contributed by atoms with van der Waals surface area (Å²) in [7, 11) is -3.53. The zero-order chi connectivity index (χ0) is 16.3. The van der Waals surface area contributed by atoms with Crippen LogP contribution in [-0.2, 0) is 10.2 Å². The maximum atomic E-state index is 12.8. The second-order valence-corrected chi connectivity index (χ2v) is 8.26. The van der Waals surface area contributed by atoms with Crippen molar-refractivity contribution in [1.29, 1.82) is 0 Å². The highest BCUT2D eigenvalue weighted by atomic mass is 32.2. The third-order valence-electron chi connectivity index (χ3n) is 4.81. The van der Waals surface area contributed by atoms with Crippen LogP contribution in [-0.4, -0.2) is 42.0 Å². The van der Waals surface area contributed by atoms with Crippen LogP contribution in [0.3, 0.4) is 0 Å². The predicted octanol–water partition coefficient (Wildman–Crippen LogP) is 1.60. The Balaban J connectivity index is 1.77. The minimum atomic E-state index is -3.53. The molecule has 0 spiro atoms. The summed E-state index contributed by atoms with van der Waals surface area (Å²) >= 11 is 0. The average molecular weight is 339 g/mol. The second kappa shape index (κ2) is 7.25. The molecule has 2 fully saturated rings. The van der Waals surface area contributed by atoms with Gasteiger partial charge in [0.15, 0.2) is 0 Å². The highest BCUT2D eigenvalue weighted by molar-refractivity contribution is 7.87. The van der Waals surface area contributed by atoms with Crippen molar-refractivity contribution in [2.75, 3.05) is 13.1 Å². The van der Waals surface area contributed by atoms with Crippen molar-refractivity contribution in [3.63, 3.8) is 0 Å². The molecule has 2 N–H and O–H groups in total. The fraction of sp³-hybridized carbons (Fsp3) is 0.688. The van der Waals surface area contributed by atoms with Crippen molar-refractivity contribution >= 4 is 10.2 Å². The molecule has 0 unspecified atom stereocenters. The molecule has 7 heteroatoms. The predicted molar refractivity (Wildman–Crippen MR) is 87.8 cm³/mol. The van der Waals surface area contributed by atoms with E-state index >= 15 is 0 Å². The van der Waals surface area contributed by atoms with Gasteiger partial charge in [0.25, 0.3) is 10.2 Å². The largest absolute Gasteiger partial charge is 0.393 e. The Labute approximate surface area is 138 Å². The van der Waals surface area contributed by atoms with Crippen LogP contribution in [0.1, 0.15) is 50.3 Å². The smallest absolute Gasteiger partial charge is 0.280 e. The molecule has 0 amide bonds. The quantitative estimate of drug-likeness (QED) is 0.854. The molecule has 1 aromatic heterocycles. The first kappa shape index (κ1) is 16.8. The van der Waals surface area contributed by atoms with E-state index in [1.165, 1.54) is 0 Å². The molecule has 1 saturated carbocycles. The van der Waals surface area contributed by atoms with Gasteiger partial charge >= 0.3 is 0 Å². The lowest BCUT2D eigenvalue weighted by Crippen LogP contribution is -2.47. The van der Waals surface area contributed by atoms with E-state index in [1.807, 2.05) is 18.2 Å². The number of aromatic nitrogens is 1. The van der Waals surface area contributed by atoms with Crippen LogP contribution in [0.5, 0.6) is 0 Å². The molecular formula is C16H25N3O3S. The molecule has 6 nitrogen and oxygen atoms in total. The number of pyridine rings is 1. The third kappa shape index (κ3) is 4.09. The van der Waals surface area contributed by atoms with Gasteiger partial charge in [-0.1, -0.05) is 18.9 Å². The Bertz CT molecular complexity index is 594. The normalized spacial score (nSPS) is 27.9. The first-order chi connectivity index (χ1) is 11.1. The van der Waals surface area contributed by atoms with E-state index in [1.54, 1.807) is 10.5 Å². The maximum Gasteiger partial charge on any atom is 0.280 e. The minimum absolute atomic E-state index is 0.0988. The van der Waals surface area contributed by atoms with Gasteiger partial charge in [-0.05, 0) is 43.7 Å². The summed E-state index contributed by atoms with van der Waals surface area (Å²) in [5.41, 5.74) is 0.725. The van der Waals surface area contributed by atoms with Crippen LogP contribution in [0.4, 0.5) is 0 Å². The SMILES string of the molecule is O=S(=O)(N[C@H](c1ccccn1)C1CC(O)C1)N1CCCCCC1. The van der Waals surface area contributed by atoms with E-state index in [0.29, 0.717) is 25.9 Å². The van der Waals surface area contributed by atoms with E-state index in [-0.39, 0.29) is 18.1 Å². The highest BCUT2D eigenvalue weighted by Gasteiger charge is 2.38. The van der Waals surface area contributed by atoms with Gasteiger partial charge in [0.05, 0.1) is 17.8 Å². The number of aliphatic hydroxyl groups is 1. The molecule has 1 aromatic rings. The van der Waals surface area contributed by atoms with Gasteiger partial charge < -0.3 is 5.11 Å². The van der Waals surface area contributed by atoms with Crippen molar-refractivity contribution in [2.45, 2.75) is 50.7 Å². The van der Waals surface area contributed by atoms with E-state index < -0.39 is 10.2 Å². The van der Waals surface area contributed by atoms with Crippen LogP contribution < -0.4 is 4.72 Å². The zero-order valence-corrected chi connectivity index (χ0v) is 14.1. The summed E-state index contributed by atoms with van der Waals surface area (Å²) in [6.07, 6.45) is 6.59. The van der Waals surface area contributed by atoms with E-state index in [4.69, 9.17) is 0 Å².